The number of ether oxygens (including phenoxy) is 1. The zero-order chi connectivity index (χ0) is 16.7. The van der Waals surface area contributed by atoms with E-state index in [1.807, 2.05) is 6.92 Å². The molecule has 1 aliphatic rings. The van der Waals surface area contributed by atoms with E-state index < -0.39 is 0 Å². The van der Waals surface area contributed by atoms with Crippen LogP contribution < -0.4 is 10.2 Å². The normalized spacial score (nSPS) is 13.8. The lowest BCUT2D eigenvalue weighted by atomic mass is 10.4. The lowest BCUT2D eigenvalue weighted by Crippen LogP contribution is -2.32. The van der Waals surface area contributed by atoms with Gasteiger partial charge in [0.2, 0.25) is 16.9 Å². The molecule has 0 saturated heterocycles. The van der Waals surface area contributed by atoms with E-state index in [4.69, 9.17) is 4.74 Å². The summed E-state index contributed by atoms with van der Waals surface area (Å²) >= 11 is 2.72. The highest BCUT2D eigenvalue weighted by atomic mass is 32.2. The van der Waals surface area contributed by atoms with Crippen LogP contribution in [0.3, 0.4) is 0 Å². The topological polar surface area (TPSA) is 84.4 Å². The van der Waals surface area contributed by atoms with E-state index >= 15 is 0 Å². The van der Waals surface area contributed by atoms with Gasteiger partial charge in [-0.05, 0) is 19.3 Å². The SMILES string of the molecule is CCC(=O)N(c1nnc(SCC(=O)NCCCOC)s1)C1CC1. The Labute approximate surface area is 144 Å². The highest BCUT2D eigenvalue weighted by molar-refractivity contribution is 8.01. The van der Waals surface area contributed by atoms with Crippen LogP contribution in [0.1, 0.15) is 32.6 Å². The zero-order valence-corrected chi connectivity index (χ0v) is 15.0. The van der Waals surface area contributed by atoms with Crippen molar-refractivity contribution < 1.29 is 14.3 Å². The van der Waals surface area contributed by atoms with Crippen LogP contribution in [-0.4, -0.2) is 54.1 Å². The second-order valence-electron chi connectivity index (χ2n) is 5.18. The fourth-order valence-electron chi connectivity index (χ4n) is 1.95. The van der Waals surface area contributed by atoms with Crippen LogP contribution in [0.5, 0.6) is 0 Å². The molecule has 1 N–H and O–H groups in total. The molecule has 9 heteroatoms. The third kappa shape index (κ3) is 5.74. The predicted molar refractivity (Wildman–Crippen MR) is 90.9 cm³/mol. The van der Waals surface area contributed by atoms with E-state index in [9.17, 15) is 9.59 Å². The number of hydrogen-bond acceptors (Lipinski definition) is 7. The minimum Gasteiger partial charge on any atom is -0.385 e. The molecule has 0 aliphatic heterocycles. The number of aromatic nitrogens is 2. The first-order valence-electron chi connectivity index (χ1n) is 7.69. The molecular weight excluding hydrogens is 336 g/mol. The van der Waals surface area contributed by atoms with Gasteiger partial charge in [0.15, 0.2) is 4.34 Å². The number of anilines is 1. The molecule has 0 aromatic carbocycles. The fraction of sp³-hybridized carbons (Fsp3) is 0.714. The zero-order valence-electron chi connectivity index (χ0n) is 13.4. The smallest absolute Gasteiger partial charge is 0.230 e. The Balaban J connectivity index is 1.80. The number of amides is 2. The Hall–Kier alpha value is -1.19. The maximum atomic E-state index is 12.0. The molecule has 0 radical (unpaired) electrons. The summed E-state index contributed by atoms with van der Waals surface area (Å²) in [6.07, 6.45) is 3.31. The highest BCUT2D eigenvalue weighted by Gasteiger charge is 2.35. The minimum absolute atomic E-state index is 0.0356. The Morgan fingerprint density at radius 1 is 1.43 bits per heavy atom. The predicted octanol–water partition coefficient (Wildman–Crippen LogP) is 1.69. The van der Waals surface area contributed by atoms with Crippen molar-refractivity contribution in [2.24, 2.45) is 0 Å². The Morgan fingerprint density at radius 3 is 2.87 bits per heavy atom. The average Bonchev–Trinajstić information content (AvgIpc) is 3.27. The molecule has 23 heavy (non-hydrogen) atoms. The van der Waals surface area contributed by atoms with Crippen molar-refractivity contribution >= 4 is 40.0 Å². The van der Waals surface area contributed by atoms with Crippen LogP contribution in [0.25, 0.3) is 0 Å². The van der Waals surface area contributed by atoms with Crippen LogP contribution >= 0.6 is 23.1 Å². The number of methoxy groups -OCH3 is 1. The maximum absolute atomic E-state index is 12.0. The third-order valence-corrected chi connectivity index (χ3v) is 5.32. The summed E-state index contributed by atoms with van der Waals surface area (Å²) in [6, 6.07) is 0.275. The molecule has 2 rings (SSSR count). The summed E-state index contributed by atoms with van der Waals surface area (Å²) in [5, 5.41) is 11.7. The summed E-state index contributed by atoms with van der Waals surface area (Å²) in [5.41, 5.74) is 0. The van der Waals surface area contributed by atoms with Gasteiger partial charge in [-0.15, -0.1) is 10.2 Å². The second kappa shape index (κ2) is 9.19. The van der Waals surface area contributed by atoms with Gasteiger partial charge >= 0.3 is 0 Å². The Morgan fingerprint density at radius 2 is 2.22 bits per heavy atom. The number of carbonyl (C=O) groups excluding carboxylic acids is 2. The number of nitrogens with zero attached hydrogens (tertiary/aromatic N) is 3. The number of hydrogen-bond donors (Lipinski definition) is 1. The van der Waals surface area contributed by atoms with Gasteiger partial charge in [-0.1, -0.05) is 30.0 Å². The quantitative estimate of drug-likeness (QED) is 0.389. The molecule has 0 spiro atoms. The molecule has 1 aromatic rings. The summed E-state index contributed by atoms with van der Waals surface area (Å²) in [6.45, 7) is 3.09. The molecule has 0 bridgehead atoms. The molecule has 0 atom stereocenters. The maximum Gasteiger partial charge on any atom is 0.230 e. The molecule has 128 valence electrons. The van der Waals surface area contributed by atoms with E-state index in [2.05, 4.69) is 15.5 Å². The van der Waals surface area contributed by atoms with Crippen molar-refractivity contribution in [2.45, 2.75) is 43.0 Å². The standard InChI is InChI=1S/C14H22N4O3S2/c1-3-12(20)18(10-5-6-10)13-16-17-14(23-13)22-9-11(19)15-7-4-8-21-2/h10H,3-9H2,1-2H3,(H,15,19). The van der Waals surface area contributed by atoms with Gasteiger partial charge in [0.05, 0.1) is 5.75 Å². The largest absolute Gasteiger partial charge is 0.385 e. The summed E-state index contributed by atoms with van der Waals surface area (Å²) in [7, 11) is 1.64. The first-order valence-corrected chi connectivity index (χ1v) is 9.50. The molecule has 7 nitrogen and oxygen atoms in total. The van der Waals surface area contributed by atoms with Crippen molar-refractivity contribution in [1.82, 2.24) is 15.5 Å². The summed E-state index contributed by atoms with van der Waals surface area (Å²) < 4.78 is 5.64. The van der Waals surface area contributed by atoms with Gasteiger partial charge in [0.1, 0.15) is 0 Å². The van der Waals surface area contributed by atoms with Crippen molar-refractivity contribution in [2.75, 3.05) is 30.9 Å². The van der Waals surface area contributed by atoms with Gasteiger partial charge in [0, 0.05) is 32.7 Å². The van der Waals surface area contributed by atoms with E-state index in [-0.39, 0.29) is 17.9 Å². The van der Waals surface area contributed by atoms with Crippen molar-refractivity contribution in [3.63, 3.8) is 0 Å². The molecular formula is C14H22N4O3S2. The summed E-state index contributed by atoms with van der Waals surface area (Å²) in [5.74, 6) is 0.342. The van der Waals surface area contributed by atoms with E-state index in [1.54, 1.807) is 12.0 Å². The summed E-state index contributed by atoms with van der Waals surface area (Å²) in [4.78, 5) is 25.5. The van der Waals surface area contributed by atoms with Crippen molar-refractivity contribution in [3.05, 3.63) is 0 Å². The molecule has 1 fully saturated rings. The number of nitrogens with one attached hydrogen (secondary N) is 1. The Kier molecular flexibility index (Phi) is 7.25. The molecule has 1 aromatic heterocycles. The molecule has 1 aliphatic carbocycles. The molecule has 1 heterocycles. The lowest BCUT2D eigenvalue weighted by molar-refractivity contribution is -0.119. The van der Waals surface area contributed by atoms with Crippen LogP contribution in [0.2, 0.25) is 0 Å². The van der Waals surface area contributed by atoms with Gasteiger partial charge < -0.3 is 10.1 Å². The van der Waals surface area contributed by atoms with Crippen molar-refractivity contribution in [3.8, 4) is 0 Å². The van der Waals surface area contributed by atoms with Gasteiger partial charge in [-0.25, -0.2) is 0 Å². The molecule has 2 amide bonds. The highest BCUT2D eigenvalue weighted by Crippen LogP contribution is 2.36. The monoisotopic (exact) mass is 358 g/mol. The average molecular weight is 358 g/mol. The van der Waals surface area contributed by atoms with E-state index in [0.29, 0.717) is 34.8 Å². The van der Waals surface area contributed by atoms with Crippen LogP contribution in [0.4, 0.5) is 5.13 Å². The minimum atomic E-state index is -0.0356. The van der Waals surface area contributed by atoms with E-state index in [0.717, 1.165) is 19.3 Å². The number of thioether (sulfide) groups is 1. The van der Waals surface area contributed by atoms with Gasteiger partial charge in [-0.2, -0.15) is 0 Å². The van der Waals surface area contributed by atoms with Crippen LogP contribution in [0, 0.1) is 0 Å². The van der Waals surface area contributed by atoms with E-state index in [1.165, 1.54) is 23.1 Å². The van der Waals surface area contributed by atoms with Crippen molar-refractivity contribution in [1.29, 1.82) is 0 Å². The lowest BCUT2D eigenvalue weighted by Gasteiger charge is -2.17. The first kappa shape index (κ1) is 18.2. The third-order valence-electron chi connectivity index (χ3n) is 3.26. The van der Waals surface area contributed by atoms with Gasteiger partial charge in [-0.3, -0.25) is 14.5 Å². The van der Waals surface area contributed by atoms with Crippen LogP contribution in [-0.2, 0) is 14.3 Å². The first-order chi connectivity index (χ1) is 11.2. The van der Waals surface area contributed by atoms with Crippen LogP contribution in [0.15, 0.2) is 4.34 Å². The molecule has 0 unspecified atom stereocenters. The van der Waals surface area contributed by atoms with Gasteiger partial charge in [0.25, 0.3) is 0 Å². The fourth-order valence-corrected chi connectivity index (χ4v) is 3.71. The number of carbonyl (C=O) groups is 2. The second-order valence-corrected chi connectivity index (χ2v) is 7.36. The number of rotatable bonds is 10. The molecule has 1 saturated carbocycles. The Bertz CT molecular complexity index is 534.